The Kier molecular flexibility index (Phi) is 62.9. The third kappa shape index (κ3) is 68.6. The van der Waals surface area contributed by atoms with Crippen LogP contribution in [0, 0.1) is 0 Å². The van der Waals surface area contributed by atoms with E-state index < -0.39 is 26.5 Å². The number of unbranched alkanes of at least 4 members (excludes halogenated alkanes) is 40. The van der Waals surface area contributed by atoms with Gasteiger partial charge in [-0.05, 0) is 83.5 Å². The largest absolute Gasteiger partial charge is 0.756 e. The van der Waals surface area contributed by atoms with Gasteiger partial charge in [-0.15, -0.1) is 0 Å². The van der Waals surface area contributed by atoms with Crippen molar-refractivity contribution < 1.29 is 42.1 Å². The lowest BCUT2D eigenvalue weighted by molar-refractivity contribution is -0.870. The molecule has 490 valence electrons. The minimum Gasteiger partial charge on any atom is -0.756 e. The van der Waals surface area contributed by atoms with E-state index in [2.05, 4.69) is 86.8 Å². The zero-order chi connectivity index (χ0) is 61.2. The minimum atomic E-state index is -4.65. The number of quaternary nitrogens is 1. The fraction of sp³-hybridized carbons (Fsp3) is 0.811. The maximum absolute atomic E-state index is 12.8. The van der Waals surface area contributed by atoms with E-state index in [9.17, 15) is 19.0 Å². The molecule has 0 aromatic carbocycles. The Morgan fingerprint density at radius 2 is 0.679 bits per heavy atom. The number of hydrogen-bond acceptors (Lipinski definition) is 8. The maximum Gasteiger partial charge on any atom is 0.306 e. The first kappa shape index (κ1) is 81.5. The lowest BCUT2D eigenvalue weighted by Gasteiger charge is -2.28. The molecule has 0 saturated carbocycles. The number of likely N-dealkylation sites (N-methyl/N-ethyl adjacent to an activating group) is 1. The highest BCUT2D eigenvalue weighted by atomic mass is 31.2. The molecule has 0 aromatic heterocycles. The van der Waals surface area contributed by atoms with Gasteiger partial charge in [-0.2, -0.15) is 0 Å². The molecule has 10 heteroatoms. The Hall–Kier alpha value is -2.55. The van der Waals surface area contributed by atoms with E-state index in [0.29, 0.717) is 17.4 Å². The summed E-state index contributed by atoms with van der Waals surface area (Å²) in [5.74, 6) is -0.862. The molecule has 0 amide bonds. The highest BCUT2D eigenvalue weighted by molar-refractivity contribution is 7.45. The van der Waals surface area contributed by atoms with Gasteiger partial charge in [0.2, 0.25) is 0 Å². The van der Waals surface area contributed by atoms with Crippen LogP contribution in [0.2, 0.25) is 0 Å². The van der Waals surface area contributed by atoms with Crippen molar-refractivity contribution in [2.24, 2.45) is 0 Å². The zero-order valence-corrected chi connectivity index (χ0v) is 56.7. The van der Waals surface area contributed by atoms with Crippen LogP contribution in [0.5, 0.6) is 0 Å². The van der Waals surface area contributed by atoms with Gasteiger partial charge in [0, 0.05) is 12.8 Å². The second-order valence-corrected chi connectivity index (χ2v) is 26.6. The molecule has 0 bridgehead atoms. The molecule has 9 nitrogen and oxygen atoms in total. The Labute approximate surface area is 520 Å². The first-order valence-electron chi connectivity index (χ1n) is 35.6. The van der Waals surface area contributed by atoms with Crippen molar-refractivity contribution in [1.29, 1.82) is 0 Å². The van der Waals surface area contributed by atoms with Crippen LogP contribution < -0.4 is 4.89 Å². The van der Waals surface area contributed by atoms with Crippen LogP contribution in [0.15, 0.2) is 72.9 Å². The molecule has 84 heavy (non-hydrogen) atoms. The zero-order valence-electron chi connectivity index (χ0n) is 55.8. The van der Waals surface area contributed by atoms with Crippen LogP contribution in [0.1, 0.15) is 335 Å². The summed E-state index contributed by atoms with van der Waals surface area (Å²) in [4.78, 5) is 38.0. The monoisotopic (exact) mass is 1200 g/mol. The van der Waals surface area contributed by atoms with Crippen molar-refractivity contribution in [3.63, 3.8) is 0 Å². The molecule has 0 saturated heterocycles. The third-order valence-electron chi connectivity index (χ3n) is 15.7. The van der Waals surface area contributed by atoms with Crippen LogP contribution in [0.3, 0.4) is 0 Å². The van der Waals surface area contributed by atoms with Crippen molar-refractivity contribution in [2.75, 3.05) is 47.5 Å². The normalized spacial score (nSPS) is 13.5. The highest BCUT2D eigenvalue weighted by Gasteiger charge is 2.22. The van der Waals surface area contributed by atoms with Gasteiger partial charge in [-0.3, -0.25) is 14.2 Å². The molecule has 0 aliphatic rings. The number of phosphoric ester groups is 1. The molecule has 0 rings (SSSR count). The van der Waals surface area contributed by atoms with Gasteiger partial charge in [0.1, 0.15) is 19.8 Å². The number of allylic oxidation sites excluding steroid dienone is 12. The summed E-state index contributed by atoms with van der Waals surface area (Å²) in [6.45, 7) is 4.12. The first-order chi connectivity index (χ1) is 41.0. The van der Waals surface area contributed by atoms with Gasteiger partial charge in [0.25, 0.3) is 7.82 Å². The van der Waals surface area contributed by atoms with Crippen LogP contribution in [0.25, 0.3) is 0 Å². The van der Waals surface area contributed by atoms with Gasteiger partial charge in [0.15, 0.2) is 6.10 Å². The molecule has 0 spiro atoms. The van der Waals surface area contributed by atoms with Gasteiger partial charge < -0.3 is 27.9 Å². The SMILES string of the molecule is CC/C=C\C/C=C\C/C=C\C/C=C\C/C=C\CCCCCC(=O)OC(COC(=O)CCCCCCCCCCCCCCCCCCCCCCCCCCCCCCC/C=C\CCCCCCCCCC)COP(=O)([O-])OCC[N+](C)(C)C. The number of ether oxygens (including phenoxy) is 2. The van der Waals surface area contributed by atoms with E-state index in [0.717, 1.165) is 70.6 Å². The lowest BCUT2D eigenvalue weighted by Crippen LogP contribution is -2.37. The van der Waals surface area contributed by atoms with Crippen molar-refractivity contribution in [1.82, 2.24) is 0 Å². The first-order valence-corrected chi connectivity index (χ1v) is 37.1. The van der Waals surface area contributed by atoms with E-state index in [-0.39, 0.29) is 32.0 Å². The van der Waals surface area contributed by atoms with Crippen molar-refractivity contribution in [2.45, 2.75) is 341 Å². The third-order valence-corrected chi connectivity index (χ3v) is 16.7. The summed E-state index contributed by atoms with van der Waals surface area (Å²) >= 11 is 0. The van der Waals surface area contributed by atoms with Gasteiger partial charge in [0.05, 0.1) is 27.7 Å². The molecular weight excluding hydrogens is 1060 g/mol. The molecule has 0 radical (unpaired) electrons. The molecule has 0 heterocycles. The summed E-state index contributed by atoms with van der Waals surface area (Å²) in [5, 5.41) is 0. The van der Waals surface area contributed by atoms with Gasteiger partial charge in [-0.25, -0.2) is 0 Å². The number of nitrogens with zero attached hydrogens (tertiary/aromatic N) is 1. The van der Waals surface area contributed by atoms with E-state index in [1.54, 1.807) is 0 Å². The fourth-order valence-electron chi connectivity index (χ4n) is 10.3. The minimum absolute atomic E-state index is 0.0391. The molecular formula is C74H136NO8P. The second-order valence-electron chi connectivity index (χ2n) is 25.2. The molecule has 2 atom stereocenters. The van der Waals surface area contributed by atoms with Crippen LogP contribution in [0.4, 0.5) is 0 Å². The maximum atomic E-state index is 12.8. The Morgan fingerprint density at radius 3 is 1.04 bits per heavy atom. The average Bonchev–Trinajstić information content (AvgIpc) is 3.61. The summed E-state index contributed by atoms with van der Waals surface area (Å²) in [7, 11) is 1.15. The summed E-state index contributed by atoms with van der Waals surface area (Å²) < 4.78 is 34.2. The molecule has 0 aromatic rings. The summed E-state index contributed by atoms with van der Waals surface area (Å²) in [5.41, 5.74) is 0. The Balaban J connectivity index is 3.89. The number of esters is 2. The smallest absolute Gasteiger partial charge is 0.306 e. The number of hydrogen-bond donors (Lipinski definition) is 0. The Bertz CT molecular complexity index is 1650. The van der Waals surface area contributed by atoms with Crippen LogP contribution >= 0.6 is 7.82 Å². The van der Waals surface area contributed by atoms with Crippen LogP contribution in [-0.2, 0) is 32.7 Å². The van der Waals surface area contributed by atoms with Crippen molar-refractivity contribution in [3.8, 4) is 0 Å². The molecule has 2 unspecified atom stereocenters. The van der Waals surface area contributed by atoms with Crippen molar-refractivity contribution in [3.05, 3.63) is 72.9 Å². The van der Waals surface area contributed by atoms with Gasteiger partial charge >= 0.3 is 11.9 Å². The van der Waals surface area contributed by atoms with E-state index in [4.69, 9.17) is 18.5 Å². The number of carbonyl (C=O) groups is 2. The second kappa shape index (κ2) is 64.9. The molecule has 0 aliphatic carbocycles. The van der Waals surface area contributed by atoms with E-state index in [1.807, 2.05) is 21.1 Å². The molecule has 0 aliphatic heterocycles. The number of phosphoric acid groups is 1. The van der Waals surface area contributed by atoms with Gasteiger partial charge in [-0.1, -0.05) is 311 Å². The predicted molar refractivity (Wildman–Crippen MR) is 360 cm³/mol. The fourth-order valence-corrected chi connectivity index (χ4v) is 11.0. The summed E-state index contributed by atoms with van der Waals surface area (Å²) in [6, 6.07) is 0. The highest BCUT2D eigenvalue weighted by Crippen LogP contribution is 2.38. The number of carbonyl (C=O) groups excluding carboxylic acids is 2. The molecule has 0 fully saturated rings. The Morgan fingerprint density at radius 1 is 0.381 bits per heavy atom. The van der Waals surface area contributed by atoms with Crippen molar-refractivity contribution >= 4 is 19.8 Å². The average molecular weight is 1200 g/mol. The lowest BCUT2D eigenvalue weighted by atomic mass is 10.0. The van der Waals surface area contributed by atoms with Crippen LogP contribution in [-0.4, -0.2) is 70.0 Å². The quantitative estimate of drug-likeness (QED) is 0.0195. The predicted octanol–water partition coefficient (Wildman–Crippen LogP) is 22.5. The summed E-state index contributed by atoms with van der Waals surface area (Å²) in [6.07, 6.45) is 87.4. The van der Waals surface area contributed by atoms with E-state index >= 15 is 0 Å². The standard InChI is InChI=1S/C74H136NO8P/c1-6-8-10-12-14-16-18-20-22-24-26-27-28-29-30-31-32-33-34-35-36-37-38-39-40-41-42-43-44-45-46-47-49-50-52-54-56-58-60-62-64-66-73(76)80-70-72(71-82-84(78,79)81-69-68-75(3,4)5)83-74(77)67-65-63-61-59-57-55-53-51-48-25-23-21-19-17-15-13-11-9-7-2/h9,11,15,17,21,23-24,26,48,51,55,57,72H,6-8,10,12-14,16,18-20,22,25,27-47,49-50,52-54,56,58-71H2,1-5H3/b11-9-,17-15-,23-21-,26-24-,51-48-,57-55-. The number of rotatable bonds is 66. The molecule has 0 N–H and O–H groups in total. The van der Waals surface area contributed by atoms with E-state index in [1.165, 1.54) is 231 Å². The topological polar surface area (TPSA) is 111 Å².